The van der Waals surface area contributed by atoms with Crippen molar-refractivity contribution in [3.05, 3.63) is 40.7 Å². The van der Waals surface area contributed by atoms with Gasteiger partial charge in [0, 0.05) is 17.4 Å². The van der Waals surface area contributed by atoms with Crippen LogP contribution in [-0.4, -0.2) is 0 Å². The van der Waals surface area contributed by atoms with Gasteiger partial charge in [-0.25, -0.2) is 0 Å². The van der Waals surface area contributed by atoms with Crippen LogP contribution >= 0.6 is 0 Å². The molecule has 92 valence electrons. The zero-order valence-corrected chi connectivity index (χ0v) is 10.8. The summed E-state index contributed by atoms with van der Waals surface area (Å²) in [6.07, 6.45) is 6.87. The van der Waals surface area contributed by atoms with Gasteiger partial charge in [-0.3, -0.25) is 0 Å². The Kier molecular flexibility index (Phi) is 2.13. The van der Waals surface area contributed by atoms with Crippen LogP contribution in [0.1, 0.15) is 37.7 Å². The lowest BCUT2D eigenvalue weighted by atomic mass is 9.47. The van der Waals surface area contributed by atoms with E-state index in [2.05, 4.69) is 35.2 Å². The molecule has 0 aliphatic heterocycles. The molecule has 4 bridgehead atoms. The van der Waals surface area contributed by atoms with Gasteiger partial charge in [0.2, 0.25) is 0 Å². The molecule has 0 saturated heterocycles. The average Bonchev–Trinajstić information content (AvgIpc) is 2.40. The Morgan fingerprint density at radius 2 is 1.44 bits per heavy atom. The summed E-state index contributed by atoms with van der Waals surface area (Å²) in [4.78, 5) is 4.49. The van der Waals surface area contributed by atoms with Crippen molar-refractivity contribution in [2.75, 3.05) is 0 Å². The Labute approximate surface area is 109 Å². The van der Waals surface area contributed by atoms with Crippen molar-refractivity contribution in [2.45, 2.75) is 37.6 Å². The smallest absolute Gasteiger partial charge is 0.0745 e. The molecule has 1 aromatic rings. The zero-order valence-electron chi connectivity index (χ0n) is 10.8. The third kappa shape index (κ3) is 1.21. The van der Waals surface area contributed by atoms with E-state index in [1.807, 2.05) is 0 Å². The number of nitrogens with zero attached hydrogens (tertiary/aromatic N) is 1. The monoisotopic (exact) mass is 238 g/mol. The molecule has 1 nitrogen and oxygen atoms in total. The first-order valence-electron chi connectivity index (χ1n) is 7.30. The van der Waals surface area contributed by atoms with Crippen LogP contribution in [0.2, 0.25) is 0 Å². The molecule has 18 heavy (non-hydrogen) atoms. The fourth-order valence-electron chi connectivity index (χ4n) is 5.36. The number of hydrogen-bond donors (Lipinski definition) is 0. The highest BCUT2D eigenvalue weighted by Gasteiger charge is 2.65. The fourth-order valence-corrected chi connectivity index (χ4v) is 5.36. The molecule has 0 aromatic heterocycles. The van der Waals surface area contributed by atoms with Gasteiger partial charge in [0.25, 0.3) is 6.57 Å². The van der Waals surface area contributed by atoms with Crippen molar-refractivity contribution in [1.82, 2.24) is 0 Å². The lowest BCUT2D eigenvalue weighted by molar-refractivity contribution is -0.0393. The standard InChI is InChI=1S/C17H20N/c1-18-17(14-5-3-2-4-6-14)15-8-12-7-13(10-15)11-16(17)9-12/h1-6,12-13,15-16H,7-11H2/q+1. The van der Waals surface area contributed by atoms with Crippen LogP contribution in [0.4, 0.5) is 0 Å². The molecule has 0 spiro atoms. The van der Waals surface area contributed by atoms with Crippen LogP contribution in [0.15, 0.2) is 30.3 Å². The van der Waals surface area contributed by atoms with E-state index in [0.717, 1.165) is 11.8 Å². The summed E-state index contributed by atoms with van der Waals surface area (Å²) >= 11 is 0. The van der Waals surface area contributed by atoms with E-state index in [1.165, 1.54) is 37.7 Å². The third-order valence-corrected chi connectivity index (χ3v) is 5.83. The molecule has 0 amide bonds. The summed E-state index contributed by atoms with van der Waals surface area (Å²) in [5, 5.41) is 0. The van der Waals surface area contributed by atoms with Crippen LogP contribution in [-0.2, 0) is 5.54 Å². The maximum Gasteiger partial charge on any atom is 0.311 e. The average molecular weight is 238 g/mol. The first-order valence-corrected chi connectivity index (χ1v) is 7.30. The van der Waals surface area contributed by atoms with Crippen LogP contribution < -0.4 is 0 Å². The molecule has 4 aliphatic rings. The molecule has 0 radical (unpaired) electrons. The molecule has 5 rings (SSSR count). The zero-order chi connectivity index (χ0) is 12.2. The second-order valence-corrected chi connectivity index (χ2v) is 6.62. The summed E-state index contributed by atoms with van der Waals surface area (Å²) in [5.41, 5.74) is 1.30. The maximum absolute atomic E-state index is 5.95. The first-order chi connectivity index (χ1) is 8.83. The number of benzene rings is 1. The lowest BCUT2D eigenvalue weighted by Gasteiger charge is -2.53. The van der Waals surface area contributed by atoms with Crippen molar-refractivity contribution in [3.8, 4) is 6.57 Å². The maximum atomic E-state index is 5.95. The van der Waals surface area contributed by atoms with Crippen LogP contribution in [0.3, 0.4) is 0 Å². The summed E-state index contributed by atoms with van der Waals surface area (Å²) in [7, 11) is 0. The van der Waals surface area contributed by atoms with Crippen molar-refractivity contribution in [2.24, 2.45) is 23.7 Å². The van der Waals surface area contributed by atoms with Gasteiger partial charge >= 0.3 is 5.54 Å². The van der Waals surface area contributed by atoms with E-state index >= 15 is 0 Å². The third-order valence-electron chi connectivity index (χ3n) is 5.83. The minimum absolute atomic E-state index is 0.0608. The normalized spacial score (nSPS) is 44.8. The van der Waals surface area contributed by atoms with E-state index in [1.54, 1.807) is 0 Å². The topological polar surface area (TPSA) is 4.36 Å². The molecular weight excluding hydrogens is 218 g/mol. The second-order valence-electron chi connectivity index (χ2n) is 6.62. The van der Waals surface area contributed by atoms with Crippen molar-refractivity contribution in [3.63, 3.8) is 0 Å². The second kappa shape index (κ2) is 3.60. The van der Waals surface area contributed by atoms with E-state index in [0.29, 0.717) is 11.8 Å². The largest absolute Gasteiger partial charge is 0.311 e. The number of hydrogen-bond acceptors (Lipinski definition) is 0. The van der Waals surface area contributed by atoms with Gasteiger partial charge in [0.15, 0.2) is 0 Å². The lowest BCUT2D eigenvalue weighted by Crippen LogP contribution is -2.53. The van der Waals surface area contributed by atoms with E-state index < -0.39 is 0 Å². The van der Waals surface area contributed by atoms with E-state index in [9.17, 15) is 0 Å². The van der Waals surface area contributed by atoms with Gasteiger partial charge in [0.05, 0.1) is 0 Å². The van der Waals surface area contributed by atoms with Crippen molar-refractivity contribution in [1.29, 1.82) is 0 Å². The van der Waals surface area contributed by atoms with Gasteiger partial charge in [-0.1, -0.05) is 35.2 Å². The molecule has 0 unspecified atom stereocenters. The Morgan fingerprint density at radius 1 is 0.889 bits per heavy atom. The quantitative estimate of drug-likeness (QED) is 0.687. The number of rotatable bonds is 1. The van der Waals surface area contributed by atoms with Gasteiger partial charge in [-0.2, -0.15) is 0 Å². The molecule has 1 heteroatoms. The molecular formula is C17H20N+. The summed E-state index contributed by atoms with van der Waals surface area (Å²) in [6.45, 7) is 5.95. The van der Waals surface area contributed by atoms with Gasteiger partial charge < -0.3 is 0 Å². The predicted octanol–water partition coefficient (Wildman–Crippen LogP) is 4.30. The van der Waals surface area contributed by atoms with Crippen molar-refractivity contribution < 1.29 is 0 Å². The van der Waals surface area contributed by atoms with Crippen LogP contribution in [0.25, 0.3) is 4.85 Å². The fraction of sp³-hybridized carbons (Fsp3) is 0.588. The molecule has 4 fully saturated rings. The molecule has 1 aromatic carbocycles. The molecule has 0 N–H and O–H groups in total. The Hall–Kier alpha value is -1.29. The summed E-state index contributed by atoms with van der Waals surface area (Å²) in [5.74, 6) is 3.32. The first kappa shape index (κ1) is 10.6. The Balaban J connectivity index is 1.84. The van der Waals surface area contributed by atoms with E-state index in [-0.39, 0.29) is 5.54 Å². The van der Waals surface area contributed by atoms with E-state index in [4.69, 9.17) is 6.57 Å². The van der Waals surface area contributed by atoms with Gasteiger partial charge in [-0.15, -0.1) is 0 Å². The SMILES string of the molecule is C#[N+]C1(c2ccccc2)C2CC3CC(C2)CC1C3. The minimum atomic E-state index is -0.0608. The van der Waals surface area contributed by atoms with Crippen LogP contribution in [0.5, 0.6) is 0 Å². The summed E-state index contributed by atoms with van der Waals surface area (Å²) < 4.78 is 0. The van der Waals surface area contributed by atoms with Crippen LogP contribution in [0, 0.1) is 30.2 Å². The Bertz CT molecular complexity index is 468. The predicted molar refractivity (Wildman–Crippen MR) is 73.5 cm³/mol. The highest BCUT2D eigenvalue weighted by Crippen LogP contribution is 2.63. The molecule has 0 heterocycles. The Morgan fingerprint density at radius 3 is 1.94 bits per heavy atom. The molecule has 4 aliphatic carbocycles. The van der Waals surface area contributed by atoms with Gasteiger partial charge in [0.1, 0.15) is 0 Å². The highest BCUT2D eigenvalue weighted by atomic mass is 14.9. The molecule has 0 atom stereocenters. The highest BCUT2D eigenvalue weighted by molar-refractivity contribution is 5.34. The minimum Gasteiger partial charge on any atom is -0.0745 e. The molecule has 4 saturated carbocycles. The summed E-state index contributed by atoms with van der Waals surface area (Å²) in [6, 6.07) is 10.8. The van der Waals surface area contributed by atoms with Gasteiger partial charge in [-0.05, 0) is 43.9 Å². The van der Waals surface area contributed by atoms with Crippen molar-refractivity contribution >= 4 is 0 Å².